The molecule has 0 fully saturated rings. The number of fused-ring (bicyclic) bond motifs is 1. The van der Waals surface area contributed by atoms with Crippen LogP contribution in [0.15, 0.2) is 42.7 Å². The monoisotopic (exact) mass is 354 g/mol. The molecule has 1 aliphatic rings. The minimum Gasteiger partial charge on any atom is -0.478 e. The number of amides is 1. The Bertz CT molecular complexity index is 827. The van der Waals surface area contributed by atoms with Gasteiger partial charge in [-0.25, -0.2) is 9.59 Å². The normalized spacial score (nSPS) is 16.7. The van der Waals surface area contributed by atoms with Gasteiger partial charge in [0.15, 0.2) is 0 Å². The summed E-state index contributed by atoms with van der Waals surface area (Å²) >= 11 is 0. The van der Waals surface area contributed by atoms with Crippen LogP contribution < -0.4 is 0 Å². The van der Waals surface area contributed by atoms with Crippen LogP contribution in [0.25, 0.3) is 0 Å². The van der Waals surface area contributed by atoms with Crippen molar-refractivity contribution in [1.29, 1.82) is 0 Å². The molecule has 26 heavy (non-hydrogen) atoms. The van der Waals surface area contributed by atoms with Crippen LogP contribution in [0.1, 0.15) is 53.9 Å². The zero-order valence-electron chi connectivity index (χ0n) is 15.1. The van der Waals surface area contributed by atoms with Crippen molar-refractivity contribution in [3.05, 3.63) is 65.0 Å². The number of aromatic nitrogens is 1. The fourth-order valence-electron chi connectivity index (χ4n) is 3.17. The van der Waals surface area contributed by atoms with Crippen LogP contribution in [-0.4, -0.2) is 39.2 Å². The quantitative estimate of drug-likeness (QED) is 0.890. The molecular formula is C20H22N2O4. The standard InChI is InChI=1S/C20H22N2O4/c1-20(2,3)26-19(25)22-11-8-13-4-5-15(18(23)24)12-16(13)17(22)14-6-9-21-10-7-14/h4-7,9-10,12,17H,8,11H2,1-3H3,(H,23,24). The molecule has 0 saturated carbocycles. The van der Waals surface area contributed by atoms with Crippen molar-refractivity contribution < 1.29 is 19.4 Å². The van der Waals surface area contributed by atoms with E-state index in [1.54, 1.807) is 29.4 Å². The third-order valence-corrected chi connectivity index (χ3v) is 4.27. The molecule has 1 N–H and O–H groups in total. The number of ether oxygens (including phenoxy) is 1. The number of pyridine rings is 1. The number of carboxylic acid groups (broad SMARTS) is 1. The van der Waals surface area contributed by atoms with Gasteiger partial charge in [-0.15, -0.1) is 0 Å². The zero-order valence-corrected chi connectivity index (χ0v) is 15.1. The van der Waals surface area contributed by atoms with Crippen LogP contribution in [0.2, 0.25) is 0 Å². The molecule has 0 radical (unpaired) electrons. The second-order valence-corrected chi connectivity index (χ2v) is 7.33. The molecule has 1 aromatic carbocycles. The highest BCUT2D eigenvalue weighted by Gasteiger charge is 2.35. The van der Waals surface area contributed by atoms with E-state index in [0.29, 0.717) is 13.0 Å². The Morgan fingerprint density at radius 3 is 2.50 bits per heavy atom. The lowest BCUT2D eigenvalue weighted by Gasteiger charge is -2.38. The summed E-state index contributed by atoms with van der Waals surface area (Å²) in [4.78, 5) is 29.9. The fraction of sp³-hybridized carbons (Fsp3) is 0.350. The van der Waals surface area contributed by atoms with Crippen LogP contribution in [0, 0.1) is 0 Å². The first-order valence-electron chi connectivity index (χ1n) is 8.52. The minimum atomic E-state index is -0.990. The zero-order chi connectivity index (χ0) is 18.9. The third-order valence-electron chi connectivity index (χ3n) is 4.27. The number of carbonyl (C=O) groups excluding carboxylic acids is 1. The number of carbonyl (C=O) groups is 2. The molecule has 2 heterocycles. The van der Waals surface area contributed by atoms with E-state index in [2.05, 4.69) is 4.98 Å². The molecule has 0 spiro atoms. The molecular weight excluding hydrogens is 332 g/mol. The molecule has 1 aliphatic heterocycles. The Labute approximate surface area is 152 Å². The van der Waals surface area contributed by atoms with E-state index in [9.17, 15) is 14.7 Å². The SMILES string of the molecule is CC(C)(C)OC(=O)N1CCc2ccc(C(=O)O)cc2C1c1ccncc1. The number of nitrogens with zero attached hydrogens (tertiary/aromatic N) is 2. The maximum Gasteiger partial charge on any atom is 0.411 e. The van der Waals surface area contributed by atoms with Crippen molar-refractivity contribution in [3.8, 4) is 0 Å². The summed E-state index contributed by atoms with van der Waals surface area (Å²) in [7, 11) is 0. The summed E-state index contributed by atoms with van der Waals surface area (Å²) in [5, 5.41) is 9.36. The van der Waals surface area contributed by atoms with Gasteiger partial charge in [-0.3, -0.25) is 9.88 Å². The van der Waals surface area contributed by atoms with Gasteiger partial charge in [-0.05, 0) is 68.1 Å². The van der Waals surface area contributed by atoms with Gasteiger partial charge in [0.05, 0.1) is 11.6 Å². The molecule has 1 aromatic heterocycles. The first-order valence-corrected chi connectivity index (χ1v) is 8.52. The molecule has 0 aliphatic carbocycles. The number of rotatable bonds is 2. The molecule has 1 unspecified atom stereocenters. The third kappa shape index (κ3) is 3.69. The lowest BCUT2D eigenvalue weighted by molar-refractivity contribution is 0.0178. The van der Waals surface area contributed by atoms with Crippen LogP contribution in [0.3, 0.4) is 0 Å². The first kappa shape index (κ1) is 17.9. The van der Waals surface area contributed by atoms with Crippen LogP contribution in [0.4, 0.5) is 4.79 Å². The molecule has 1 amide bonds. The van der Waals surface area contributed by atoms with E-state index >= 15 is 0 Å². The largest absolute Gasteiger partial charge is 0.478 e. The average molecular weight is 354 g/mol. The number of aromatic carboxylic acids is 1. The van der Waals surface area contributed by atoms with Gasteiger partial charge in [-0.2, -0.15) is 0 Å². The summed E-state index contributed by atoms with van der Waals surface area (Å²) in [6.45, 7) is 5.98. The molecule has 0 saturated heterocycles. The van der Waals surface area contributed by atoms with Gasteiger partial charge >= 0.3 is 12.1 Å². The van der Waals surface area contributed by atoms with Crippen LogP contribution in [-0.2, 0) is 11.2 Å². The topological polar surface area (TPSA) is 79.7 Å². The Hall–Kier alpha value is -2.89. The molecule has 6 nitrogen and oxygen atoms in total. The van der Waals surface area contributed by atoms with Crippen molar-refractivity contribution in [2.24, 2.45) is 0 Å². The Morgan fingerprint density at radius 1 is 1.19 bits per heavy atom. The molecule has 3 rings (SSSR count). The Kier molecular flexibility index (Phi) is 4.68. The van der Waals surface area contributed by atoms with E-state index in [1.807, 2.05) is 39.0 Å². The maximum absolute atomic E-state index is 12.8. The van der Waals surface area contributed by atoms with Crippen LogP contribution >= 0.6 is 0 Å². The Morgan fingerprint density at radius 2 is 1.88 bits per heavy atom. The lowest BCUT2D eigenvalue weighted by atomic mass is 9.87. The molecule has 136 valence electrons. The molecule has 2 aromatic rings. The maximum atomic E-state index is 12.8. The molecule has 6 heteroatoms. The summed E-state index contributed by atoms with van der Waals surface area (Å²) in [6.07, 6.45) is 3.57. The first-order chi connectivity index (χ1) is 12.3. The van der Waals surface area contributed by atoms with Gasteiger partial charge in [-0.1, -0.05) is 6.07 Å². The smallest absolute Gasteiger partial charge is 0.411 e. The molecule has 1 atom stereocenters. The summed E-state index contributed by atoms with van der Waals surface area (Å²) < 4.78 is 5.58. The van der Waals surface area contributed by atoms with E-state index in [-0.39, 0.29) is 5.56 Å². The van der Waals surface area contributed by atoms with Crippen molar-refractivity contribution in [1.82, 2.24) is 9.88 Å². The second-order valence-electron chi connectivity index (χ2n) is 7.33. The van der Waals surface area contributed by atoms with Crippen molar-refractivity contribution in [3.63, 3.8) is 0 Å². The van der Waals surface area contributed by atoms with Crippen molar-refractivity contribution >= 4 is 12.1 Å². The highest BCUT2D eigenvalue weighted by atomic mass is 16.6. The lowest BCUT2D eigenvalue weighted by Crippen LogP contribution is -2.43. The second kappa shape index (κ2) is 6.78. The highest BCUT2D eigenvalue weighted by molar-refractivity contribution is 5.88. The van der Waals surface area contributed by atoms with E-state index < -0.39 is 23.7 Å². The van der Waals surface area contributed by atoms with Gasteiger partial charge in [0.1, 0.15) is 5.60 Å². The number of hydrogen-bond donors (Lipinski definition) is 1. The summed E-state index contributed by atoms with van der Waals surface area (Å²) in [5.41, 5.74) is 2.32. The van der Waals surface area contributed by atoms with Crippen molar-refractivity contribution in [2.45, 2.75) is 38.8 Å². The Balaban J connectivity index is 2.08. The van der Waals surface area contributed by atoms with E-state index in [0.717, 1.165) is 16.7 Å². The molecule has 0 bridgehead atoms. The predicted molar refractivity (Wildman–Crippen MR) is 96.1 cm³/mol. The van der Waals surface area contributed by atoms with E-state index in [1.165, 1.54) is 0 Å². The fourth-order valence-corrected chi connectivity index (χ4v) is 3.17. The van der Waals surface area contributed by atoms with E-state index in [4.69, 9.17) is 4.74 Å². The van der Waals surface area contributed by atoms with Gasteiger partial charge < -0.3 is 9.84 Å². The van der Waals surface area contributed by atoms with Gasteiger partial charge in [0.25, 0.3) is 0 Å². The van der Waals surface area contributed by atoms with Gasteiger partial charge in [0.2, 0.25) is 0 Å². The minimum absolute atomic E-state index is 0.203. The van der Waals surface area contributed by atoms with Gasteiger partial charge in [0, 0.05) is 18.9 Å². The average Bonchev–Trinajstić information content (AvgIpc) is 2.59. The number of carboxylic acids is 1. The summed E-state index contributed by atoms with van der Waals surface area (Å²) in [5.74, 6) is -0.990. The predicted octanol–water partition coefficient (Wildman–Crippen LogP) is 3.66. The van der Waals surface area contributed by atoms with Crippen molar-refractivity contribution in [2.75, 3.05) is 6.54 Å². The number of hydrogen-bond acceptors (Lipinski definition) is 4. The van der Waals surface area contributed by atoms with Crippen LogP contribution in [0.5, 0.6) is 0 Å². The highest BCUT2D eigenvalue weighted by Crippen LogP contribution is 2.36. The summed E-state index contributed by atoms with van der Waals surface area (Å²) in [6, 6.07) is 8.36. The number of benzene rings is 1.